The van der Waals surface area contributed by atoms with E-state index < -0.39 is 0 Å². The van der Waals surface area contributed by atoms with E-state index in [1.165, 1.54) is 7.11 Å². The van der Waals surface area contributed by atoms with Crippen LogP contribution < -0.4 is 10.6 Å². The number of methoxy groups -OCH3 is 1. The van der Waals surface area contributed by atoms with Crippen molar-refractivity contribution in [1.29, 1.82) is 0 Å². The summed E-state index contributed by atoms with van der Waals surface area (Å²) < 4.78 is 4.71. The van der Waals surface area contributed by atoms with Crippen molar-refractivity contribution in [2.45, 2.75) is 6.92 Å². The summed E-state index contributed by atoms with van der Waals surface area (Å²) in [5.74, 6) is 1.61. The van der Waals surface area contributed by atoms with Crippen LogP contribution >= 0.6 is 0 Å². The van der Waals surface area contributed by atoms with E-state index in [0.29, 0.717) is 29.6 Å². The molecule has 114 valence electrons. The van der Waals surface area contributed by atoms with E-state index >= 15 is 0 Å². The van der Waals surface area contributed by atoms with Crippen LogP contribution in [-0.4, -0.2) is 29.6 Å². The second-order valence-electron chi connectivity index (χ2n) is 4.55. The van der Waals surface area contributed by atoms with Crippen molar-refractivity contribution in [2.24, 2.45) is 0 Å². The fourth-order valence-corrected chi connectivity index (χ4v) is 1.89. The van der Waals surface area contributed by atoms with Gasteiger partial charge in [0.15, 0.2) is 0 Å². The van der Waals surface area contributed by atoms with Gasteiger partial charge < -0.3 is 15.4 Å². The number of esters is 1. The Bertz CT molecular complexity index is 686. The average molecular weight is 298 g/mol. The summed E-state index contributed by atoms with van der Waals surface area (Å²) in [6.07, 6.45) is 1.75. The number of hydrogen-bond donors (Lipinski definition) is 2. The zero-order valence-electron chi connectivity index (χ0n) is 12.6. The van der Waals surface area contributed by atoms with E-state index in [-0.39, 0.29) is 5.97 Å². The van der Waals surface area contributed by atoms with E-state index in [4.69, 9.17) is 4.74 Å². The van der Waals surface area contributed by atoms with E-state index in [9.17, 15) is 4.79 Å². The third-order valence-electron chi connectivity index (χ3n) is 2.82. The molecule has 0 aliphatic carbocycles. The van der Waals surface area contributed by atoms with E-state index in [1.54, 1.807) is 30.3 Å². The van der Waals surface area contributed by atoms with Gasteiger partial charge in [0.25, 0.3) is 0 Å². The summed E-state index contributed by atoms with van der Waals surface area (Å²) in [4.78, 5) is 20.2. The van der Waals surface area contributed by atoms with Crippen molar-refractivity contribution in [3.8, 4) is 0 Å². The Hall–Kier alpha value is -2.89. The van der Waals surface area contributed by atoms with Gasteiger partial charge in [-0.15, -0.1) is 6.58 Å². The molecule has 1 aromatic carbocycles. The van der Waals surface area contributed by atoms with Crippen LogP contribution in [0.5, 0.6) is 0 Å². The number of carbonyl (C=O) groups is 1. The van der Waals surface area contributed by atoms with Crippen molar-refractivity contribution < 1.29 is 9.53 Å². The molecule has 6 heteroatoms. The first-order chi connectivity index (χ1) is 10.6. The van der Waals surface area contributed by atoms with Crippen LogP contribution in [0, 0.1) is 6.92 Å². The van der Waals surface area contributed by atoms with Gasteiger partial charge in [0.05, 0.1) is 12.7 Å². The Balaban J connectivity index is 2.21. The van der Waals surface area contributed by atoms with Crippen LogP contribution in [0.25, 0.3) is 0 Å². The van der Waals surface area contributed by atoms with Crippen LogP contribution in [0.2, 0.25) is 0 Å². The Morgan fingerprint density at radius 2 is 2.09 bits per heavy atom. The van der Waals surface area contributed by atoms with Gasteiger partial charge in [0, 0.05) is 18.3 Å². The zero-order valence-corrected chi connectivity index (χ0v) is 12.6. The number of nitrogens with one attached hydrogen (secondary N) is 2. The largest absolute Gasteiger partial charge is 0.465 e. The van der Waals surface area contributed by atoms with Gasteiger partial charge >= 0.3 is 5.97 Å². The van der Waals surface area contributed by atoms with Gasteiger partial charge in [-0.25, -0.2) is 14.8 Å². The molecule has 22 heavy (non-hydrogen) atoms. The highest BCUT2D eigenvalue weighted by Crippen LogP contribution is 2.19. The summed E-state index contributed by atoms with van der Waals surface area (Å²) in [7, 11) is 1.35. The molecule has 0 spiro atoms. The summed E-state index contributed by atoms with van der Waals surface area (Å²) in [5.41, 5.74) is 1.22. The number of carbonyl (C=O) groups excluding carboxylic acids is 1. The first-order valence-corrected chi connectivity index (χ1v) is 6.78. The molecule has 6 nitrogen and oxygen atoms in total. The molecule has 0 saturated heterocycles. The van der Waals surface area contributed by atoms with Crippen LogP contribution in [0.15, 0.2) is 43.0 Å². The van der Waals surface area contributed by atoms with Crippen LogP contribution in [0.4, 0.5) is 17.3 Å². The highest BCUT2D eigenvalue weighted by atomic mass is 16.5. The SMILES string of the molecule is C=CCNc1cc(Nc2cccc(C(=O)OC)c2)nc(C)n1. The molecule has 0 unspecified atom stereocenters. The van der Waals surface area contributed by atoms with E-state index in [0.717, 1.165) is 5.69 Å². The second-order valence-corrected chi connectivity index (χ2v) is 4.55. The van der Waals surface area contributed by atoms with Gasteiger partial charge in [0.1, 0.15) is 17.5 Å². The van der Waals surface area contributed by atoms with Gasteiger partial charge in [-0.3, -0.25) is 0 Å². The molecular weight excluding hydrogens is 280 g/mol. The number of aromatic nitrogens is 2. The standard InChI is InChI=1S/C16H18N4O2/c1-4-8-17-14-10-15(19-11(2)18-14)20-13-7-5-6-12(9-13)16(21)22-3/h4-7,9-10H,1,8H2,2-3H3,(H2,17,18,19,20). The first-order valence-electron chi connectivity index (χ1n) is 6.78. The van der Waals surface area contributed by atoms with Crippen molar-refractivity contribution in [3.05, 3.63) is 54.4 Å². The van der Waals surface area contributed by atoms with Crippen molar-refractivity contribution in [3.63, 3.8) is 0 Å². The van der Waals surface area contributed by atoms with Gasteiger partial charge in [0.2, 0.25) is 0 Å². The van der Waals surface area contributed by atoms with Crippen LogP contribution in [0.3, 0.4) is 0 Å². The monoisotopic (exact) mass is 298 g/mol. The number of hydrogen-bond acceptors (Lipinski definition) is 6. The maximum Gasteiger partial charge on any atom is 0.337 e. The third kappa shape index (κ3) is 4.05. The predicted octanol–water partition coefficient (Wildman–Crippen LogP) is 2.91. The highest BCUT2D eigenvalue weighted by Gasteiger charge is 2.07. The van der Waals surface area contributed by atoms with Gasteiger partial charge in [-0.1, -0.05) is 12.1 Å². The number of ether oxygens (including phenoxy) is 1. The molecule has 1 aromatic heterocycles. The van der Waals surface area contributed by atoms with Crippen molar-refractivity contribution >= 4 is 23.3 Å². The van der Waals surface area contributed by atoms with Gasteiger partial charge in [-0.2, -0.15) is 0 Å². The molecule has 0 saturated carbocycles. The Morgan fingerprint density at radius 3 is 2.82 bits per heavy atom. The number of nitrogens with zero attached hydrogens (tertiary/aromatic N) is 2. The van der Waals surface area contributed by atoms with Crippen LogP contribution in [-0.2, 0) is 4.74 Å². The lowest BCUT2D eigenvalue weighted by molar-refractivity contribution is 0.0601. The topological polar surface area (TPSA) is 76.1 Å². The summed E-state index contributed by atoms with van der Waals surface area (Å²) in [6, 6.07) is 8.82. The fraction of sp³-hybridized carbons (Fsp3) is 0.188. The second kappa shape index (κ2) is 7.21. The van der Waals surface area contributed by atoms with Gasteiger partial charge in [-0.05, 0) is 25.1 Å². The minimum Gasteiger partial charge on any atom is -0.465 e. The smallest absolute Gasteiger partial charge is 0.337 e. The number of rotatable bonds is 6. The molecular formula is C16H18N4O2. The number of aryl methyl sites for hydroxylation is 1. The Labute approximate surface area is 129 Å². The molecule has 1 heterocycles. The molecule has 2 rings (SSSR count). The molecule has 0 fully saturated rings. The lowest BCUT2D eigenvalue weighted by Crippen LogP contribution is -2.05. The third-order valence-corrected chi connectivity index (χ3v) is 2.82. The molecule has 2 N–H and O–H groups in total. The normalized spacial score (nSPS) is 9.91. The summed E-state index contributed by atoms with van der Waals surface area (Å²) in [5, 5.41) is 6.27. The Morgan fingerprint density at radius 1 is 1.32 bits per heavy atom. The average Bonchev–Trinajstić information content (AvgIpc) is 2.52. The fourth-order valence-electron chi connectivity index (χ4n) is 1.89. The minimum absolute atomic E-state index is 0.379. The molecule has 0 atom stereocenters. The summed E-state index contributed by atoms with van der Waals surface area (Å²) in [6.45, 7) is 6.09. The maximum atomic E-state index is 11.5. The molecule has 0 amide bonds. The zero-order chi connectivity index (χ0) is 15.9. The lowest BCUT2D eigenvalue weighted by atomic mass is 10.2. The van der Waals surface area contributed by atoms with Crippen molar-refractivity contribution in [1.82, 2.24) is 9.97 Å². The molecule has 0 aliphatic rings. The van der Waals surface area contributed by atoms with E-state index in [2.05, 4.69) is 27.2 Å². The molecule has 0 bridgehead atoms. The molecule has 0 aliphatic heterocycles. The molecule has 2 aromatic rings. The first kappa shape index (κ1) is 15.5. The minimum atomic E-state index is -0.379. The number of anilines is 3. The Kier molecular flexibility index (Phi) is 5.08. The molecule has 0 radical (unpaired) electrons. The van der Waals surface area contributed by atoms with Crippen LogP contribution in [0.1, 0.15) is 16.2 Å². The van der Waals surface area contributed by atoms with E-state index in [1.807, 2.05) is 13.0 Å². The lowest BCUT2D eigenvalue weighted by Gasteiger charge is -2.10. The predicted molar refractivity (Wildman–Crippen MR) is 86.5 cm³/mol. The summed E-state index contributed by atoms with van der Waals surface area (Å²) >= 11 is 0. The quantitative estimate of drug-likeness (QED) is 0.631. The number of benzene rings is 1. The maximum absolute atomic E-state index is 11.5. The van der Waals surface area contributed by atoms with Crippen molar-refractivity contribution in [2.75, 3.05) is 24.3 Å². The highest BCUT2D eigenvalue weighted by molar-refractivity contribution is 5.90.